The Labute approximate surface area is 116 Å². The molecule has 1 aliphatic rings. The Balaban J connectivity index is 2.27. The fourth-order valence-corrected chi connectivity index (χ4v) is 1.91. The monoisotopic (exact) mass is 282 g/mol. The number of hydrogen-bond acceptors (Lipinski definition) is 7. The number of aryl methyl sites for hydroxylation is 1. The Morgan fingerprint density at radius 3 is 2.95 bits per heavy atom. The molecule has 0 bridgehead atoms. The molecule has 1 unspecified atom stereocenters. The van der Waals surface area contributed by atoms with Crippen LogP contribution in [0.2, 0.25) is 0 Å². The number of rotatable bonds is 6. The van der Waals surface area contributed by atoms with E-state index in [0.717, 1.165) is 6.42 Å². The van der Waals surface area contributed by atoms with E-state index in [1.165, 1.54) is 0 Å². The summed E-state index contributed by atoms with van der Waals surface area (Å²) in [6.07, 6.45) is 1.42. The minimum absolute atomic E-state index is 0.0107. The quantitative estimate of drug-likeness (QED) is 0.626. The van der Waals surface area contributed by atoms with Gasteiger partial charge in [0.15, 0.2) is 0 Å². The highest BCUT2D eigenvalue weighted by molar-refractivity contribution is 5.48. The van der Waals surface area contributed by atoms with Crippen LogP contribution in [0, 0.1) is 17.0 Å². The Morgan fingerprint density at radius 2 is 2.35 bits per heavy atom. The average Bonchev–Trinajstić information content (AvgIpc) is 2.88. The average molecular weight is 282 g/mol. The molecule has 0 radical (unpaired) electrons. The molecule has 0 aliphatic carbocycles. The molecule has 20 heavy (non-hydrogen) atoms. The fraction of sp³-hybridized carbons (Fsp3) is 0.667. The van der Waals surface area contributed by atoms with Gasteiger partial charge in [-0.15, -0.1) is 0 Å². The van der Waals surface area contributed by atoms with E-state index in [1.54, 1.807) is 6.92 Å². The molecule has 2 heterocycles. The summed E-state index contributed by atoms with van der Waals surface area (Å²) in [6, 6.07) is 0. The maximum atomic E-state index is 11.1. The lowest BCUT2D eigenvalue weighted by atomic mass is 10.3. The van der Waals surface area contributed by atoms with Crippen LogP contribution in [0.5, 0.6) is 5.88 Å². The van der Waals surface area contributed by atoms with E-state index < -0.39 is 4.92 Å². The van der Waals surface area contributed by atoms with Crippen molar-refractivity contribution < 1.29 is 14.4 Å². The predicted octanol–water partition coefficient (Wildman–Crippen LogP) is 1.68. The molecule has 1 fully saturated rings. The molecule has 0 amide bonds. The second-order valence-corrected chi connectivity index (χ2v) is 4.57. The maximum Gasteiger partial charge on any atom is 0.352 e. The Hall–Kier alpha value is -1.96. The topological polar surface area (TPSA) is 99.4 Å². The first-order valence-electron chi connectivity index (χ1n) is 6.63. The van der Waals surface area contributed by atoms with E-state index in [0.29, 0.717) is 32.1 Å². The zero-order chi connectivity index (χ0) is 14.5. The molecule has 0 saturated carbocycles. The van der Waals surface area contributed by atoms with Gasteiger partial charge in [0, 0.05) is 13.0 Å². The van der Waals surface area contributed by atoms with Gasteiger partial charge in [0.2, 0.25) is 5.95 Å². The standard InChI is InChI=1S/C12H18N4O4/c1-3-5-13-12-14-8(2)10(16(17)18)11(15-12)20-9-4-6-19-7-9/h9H,3-7H2,1-2H3,(H,13,14,15). The summed E-state index contributed by atoms with van der Waals surface area (Å²) in [6.45, 7) is 5.32. The van der Waals surface area contributed by atoms with E-state index >= 15 is 0 Å². The molecule has 1 aliphatic heterocycles. The van der Waals surface area contributed by atoms with Gasteiger partial charge >= 0.3 is 5.69 Å². The lowest BCUT2D eigenvalue weighted by Gasteiger charge is -2.13. The molecular formula is C12H18N4O4. The van der Waals surface area contributed by atoms with Gasteiger partial charge in [-0.2, -0.15) is 4.98 Å². The Morgan fingerprint density at radius 1 is 1.55 bits per heavy atom. The van der Waals surface area contributed by atoms with Gasteiger partial charge < -0.3 is 14.8 Å². The van der Waals surface area contributed by atoms with Crippen LogP contribution in [0.25, 0.3) is 0 Å². The van der Waals surface area contributed by atoms with Crippen molar-refractivity contribution in [2.45, 2.75) is 32.8 Å². The largest absolute Gasteiger partial charge is 0.467 e. The number of nitrogens with one attached hydrogen (secondary N) is 1. The minimum Gasteiger partial charge on any atom is -0.467 e. The summed E-state index contributed by atoms with van der Waals surface area (Å²) in [5.74, 6) is 0.362. The zero-order valence-electron chi connectivity index (χ0n) is 11.6. The molecule has 1 aromatic heterocycles. The fourth-order valence-electron chi connectivity index (χ4n) is 1.91. The molecular weight excluding hydrogens is 264 g/mol. The summed E-state index contributed by atoms with van der Waals surface area (Å²) < 4.78 is 10.8. The van der Waals surface area contributed by atoms with Gasteiger partial charge in [-0.1, -0.05) is 6.92 Å². The molecule has 1 saturated heterocycles. The third-order valence-corrected chi connectivity index (χ3v) is 2.91. The number of ether oxygens (including phenoxy) is 2. The number of nitrogens with zero attached hydrogens (tertiary/aromatic N) is 3. The van der Waals surface area contributed by atoms with E-state index in [1.807, 2.05) is 6.92 Å². The van der Waals surface area contributed by atoms with Crippen LogP contribution in [0.4, 0.5) is 11.6 Å². The van der Waals surface area contributed by atoms with Crippen molar-refractivity contribution in [2.24, 2.45) is 0 Å². The highest BCUT2D eigenvalue weighted by atomic mass is 16.6. The van der Waals surface area contributed by atoms with Crippen LogP contribution in [0.1, 0.15) is 25.5 Å². The molecule has 1 aromatic rings. The van der Waals surface area contributed by atoms with Gasteiger partial charge in [0.25, 0.3) is 5.88 Å². The number of anilines is 1. The van der Waals surface area contributed by atoms with Crippen molar-refractivity contribution in [3.05, 3.63) is 15.8 Å². The predicted molar refractivity (Wildman–Crippen MR) is 72.1 cm³/mol. The Kier molecular flexibility index (Phi) is 4.67. The SMILES string of the molecule is CCCNc1nc(C)c([N+](=O)[O-])c(OC2CCOC2)n1. The van der Waals surface area contributed by atoms with Gasteiger partial charge in [-0.25, -0.2) is 4.98 Å². The first-order valence-corrected chi connectivity index (χ1v) is 6.63. The molecule has 2 rings (SSSR count). The van der Waals surface area contributed by atoms with Crippen LogP contribution >= 0.6 is 0 Å². The highest BCUT2D eigenvalue weighted by Gasteiger charge is 2.27. The van der Waals surface area contributed by atoms with Crippen molar-refractivity contribution in [3.63, 3.8) is 0 Å². The number of aromatic nitrogens is 2. The second-order valence-electron chi connectivity index (χ2n) is 4.57. The molecule has 1 N–H and O–H groups in total. The van der Waals surface area contributed by atoms with Gasteiger partial charge in [0.05, 0.1) is 18.1 Å². The summed E-state index contributed by atoms with van der Waals surface area (Å²) >= 11 is 0. The molecule has 110 valence electrons. The highest BCUT2D eigenvalue weighted by Crippen LogP contribution is 2.30. The summed E-state index contributed by atoms with van der Waals surface area (Å²) in [4.78, 5) is 18.8. The van der Waals surface area contributed by atoms with Gasteiger partial charge in [-0.05, 0) is 13.3 Å². The van der Waals surface area contributed by atoms with Crippen molar-refractivity contribution >= 4 is 11.6 Å². The van der Waals surface area contributed by atoms with Crippen LogP contribution < -0.4 is 10.1 Å². The van der Waals surface area contributed by atoms with Crippen molar-refractivity contribution in [2.75, 3.05) is 25.1 Å². The molecule has 0 spiro atoms. The van der Waals surface area contributed by atoms with Gasteiger partial charge in [-0.3, -0.25) is 10.1 Å². The molecule has 1 atom stereocenters. The van der Waals surface area contributed by atoms with Crippen LogP contribution in [-0.2, 0) is 4.74 Å². The minimum atomic E-state index is -0.510. The smallest absolute Gasteiger partial charge is 0.352 e. The maximum absolute atomic E-state index is 11.1. The first kappa shape index (κ1) is 14.4. The van der Waals surface area contributed by atoms with Crippen molar-refractivity contribution in [3.8, 4) is 5.88 Å². The Bertz CT molecular complexity index is 489. The third kappa shape index (κ3) is 3.32. The third-order valence-electron chi connectivity index (χ3n) is 2.91. The van der Waals surface area contributed by atoms with Crippen LogP contribution in [-0.4, -0.2) is 40.8 Å². The van der Waals surface area contributed by atoms with Gasteiger partial charge in [0.1, 0.15) is 11.8 Å². The lowest BCUT2D eigenvalue weighted by Crippen LogP contribution is -2.18. The number of nitro groups is 1. The number of hydrogen-bond donors (Lipinski definition) is 1. The lowest BCUT2D eigenvalue weighted by molar-refractivity contribution is -0.387. The summed E-state index contributed by atoms with van der Waals surface area (Å²) in [5, 5.41) is 14.1. The molecule has 8 heteroatoms. The van der Waals surface area contributed by atoms with Crippen LogP contribution in [0.3, 0.4) is 0 Å². The summed E-state index contributed by atoms with van der Waals surface area (Å²) in [5.41, 5.74) is 0.108. The van der Waals surface area contributed by atoms with Crippen molar-refractivity contribution in [1.29, 1.82) is 0 Å². The second kappa shape index (κ2) is 6.47. The van der Waals surface area contributed by atoms with E-state index in [-0.39, 0.29) is 23.4 Å². The van der Waals surface area contributed by atoms with E-state index in [4.69, 9.17) is 9.47 Å². The first-order chi connectivity index (χ1) is 9.61. The normalized spacial score (nSPS) is 18.0. The van der Waals surface area contributed by atoms with Crippen LogP contribution in [0.15, 0.2) is 0 Å². The summed E-state index contributed by atoms with van der Waals surface area (Å²) in [7, 11) is 0. The molecule has 0 aromatic carbocycles. The zero-order valence-corrected chi connectivity index (χ0v) is 11.6. The molecule has 8 nitrogen and oxygen atoms in total. The van der Waals surface area contributed by atoms with E-state index in [2.05, 4.69) is 15.3 Å². The van der Waals surface area contributed by atoms with E-state index in [9.17, 15) is 10.1 Å². The van der Waals surface area contributed by atoms with Crippen molar-refractivity contribution in [1.82, 2.24) is 9.97 Å².